The molecule has 0 nitrogen and oxygen atoms in total. The van der Waals surface area contributed by atoms with Crippen molar-refractivity contribution in [3.05, 3.63) is 21.0 Å². The third kappa shape index (κ3) is 1.35. The summed E-state index contributed by atoms with van der Waals surface area (Å²) < 4.78 is 0. The molecule has 2 unspecified atom stereocenters. The van der Waals surface area contributed by atoms with Gasteiger partial charge in [0, 0.05) is 0 Å². The first kappa shape index (κ1) is 8.92. The first-order valence-corrected chi connectivity index (χ1v) is 7.30. The van der Waals surface area contributed by atoms with E-state index in [1.807, 2.05) is 11.1 Å². The fraction of sp³-hybridized carbons (Fsp3) is 0.714. The van der Waals surface area contributed by atoms with Crippen LogP contribution < -0.4 is 0 Å². The summed E-state index contributed by atoms with van der Waals surface area (Å²) in [6.07, 6.45) is 11.6. The van der Waals surface area contributed by atoms with Crippen LogP contribution in [0.4, 0.5) is 0 Å². The molecule has 0 spiro atoms. The van der Waals surface area contributed by atoms with E-state index in [1.54, 1.807) is 9.81 Å². The number of hydrogen-bond donors (Lipinski definition) is 0. The van der Waals surface area contributed by atoms with Gasteiger partial charge in [0.15, 0.2) is 0 Å². The van der Waals surface area contributed by atoms with E-state index in [-0.39, 0.29) is 0 Å². The zero-order valence-electron chi connectivity index (χ0n) is 9.22. The molecule has 4 rings (SSSR count). The Hall–Kier alpha value is -0.170. The summed E-state index contributed by atoms with van der Waals surface area (Å²) >= 11 is 2.20. The van der Waals surface area contributed by atoms with Gasteiger partial charge in [-0.15, -0.1) is 0 Å². The summed E-state index contributed by atoms with van der Waals surface area (Å²) in [7, 11) is 0. The molecule has 0 amide bonds. The highest BCUT2D eigenvalue weighted by atomic mass is 32.2. The molecule has 0 saturated heterocycles. The minimum absolute atomic E-state index is 1.05. The minimum atomic E-state index is 1.05. The molecule has 2 atom stereocenters. The Morgan fingerprint density at radius 3 is 1.60 bits per heavy atom. The maximum Gasteiger partial charge on any atom is -0.0111 e. The summed E-state index contributed by atoms with van der Waals surface area (Å²) in [6.45, 7) is 0. The highest BCUT2D eigenvalue weighted by Crippen LogP contribution is 2.55. The van der Waals surface area contributed by atoms with E-state index in [9.17, 15) is 0 Å². The van der Waals surface area contributed by atoms with Crippen LogP contribution in [-0.4, -0.2) is 0 Å². The largest absolute Gasteiger partial charge is 0.0991 e. The number of fused-ring (bicyclic) bond motifs is 4. The number of rotatable bonds is 2. The summed E-state index contributed by atoms with van der Waals surface area (Å²) in [6, 6.07) is 0. The van der Waals surface area contributed by atoms with Crippen molar-refractivity contribution in [3.63, 3.8) is 0 Å². The van der Waals surface area contributed by atoms with Gasteiger partial charge in [-0.1, -0.05) is 22.9 Å². The Morgan fingerprint density at radius 1 is 0.733 bits per heavy atom. The zero-order valence-corrected chi connectivity index (χ0v) is 10.0. The fourth-order valence-electron chi connectivity index (χ4n) is 3.91. The van der Waals surface area contributed by atoms with E-state index in [0.29, 0.717) is 0 Å². The molecule has 4 aliphatic carbocycles. The van der Waals surface area contributed by atoms with Crippen molar-refractivity contribution in [2.45, 2.75) is 51.4 Å². The molecule has 0 radical (unpaired) electrons. The monoisotopic (exact) mass is 218 g/mol. The van der Waals surface area contributed by atoms with E-state index in [1.165, 1.54) is 51.4 Å². The van der Waals surface area contributed by atoms with Gasteiger partial charge in [-0.2, -0.15) is 0 Å². The van der Waals surface area contributed by atoms with Gasteiger partial charge in [0.25, 0.3) is 0 Å². The van der Waals surface area contributed by atoms with Crippen LogP contribution in [0, 0.1) is 11.8 Å². The first-order valence-electron chi connectivity index (χ1n) is 6.48. The van der Waals surface area contributed by atoms with Gasteiger partial charge < -0.3 is 0 Å². The molecule has 0 aromatic carbocycles. The SMILES string of the molecule is C1CC2CC1=C(SC1=C3CCC(C3)C1)C2. The third-order valence-corrected chi connectivity index (χ3v) is 6.17. The third-order valence-electron chi connectivity index (χ3n) is 4.76. The molecule has 2 fully saturated rings. The van der Waals surface area contributed by atoms with E-state index in [2.05, 4.69) is 11.8 Å². The van der Waals surface area contributed by atoms with Crippen molar-refractivity contribution >= 4 is 11.8 Å². The highest BCUT2D eigenvalue weighted by molar-refractivity contribution is 8.06. The quantitative estimate of drug-likeness (QED) is 0.651. The molecule has 0 aromatic heterocycles. The van der Waals surface area contributed by atoms with Crippen LogP contribution >= 0.6 is 11.8 Å². The average Bonchev–Trinajstić information content (AvgIpc) is 2.96. The summed E-state index contributed by atoms with van der Waals surface area (Å²) in [5, 5.41) is 0. The highest BCUT2D eigenvalue weighted by Gasteiger charge is 2.34. The molecule has 1 heteroatoms. The predicted molar refractivity (Wildman–Crippen MR) is 65.6 cm³/mol. The Balaban J connectivity index is 1.57. The van der Waals surface area contributed by atoms with E-state index >= 15 is 0 Å². The Labute approximate surface area is 96.2 Å². The van der Waals surface area contributed by atoms with Crippen LogP contribution in [0.25, 0.3) is 0 Å². The molecular weight excluding hydrogens is 200 g/mol. The van der Waals surface area contributed by atoms with Crippen LogP contribution in [0.1, 0.15) is 51.4 Å². The maximum atomic E-state index is 2.20. The van der Waals surface area contributed by atoms with Crippen molar-refractivity contribution in [3.8, 4) is 0 Å². The second-order valence-corrected chi connectivity index (χ2v) is 6.97. The van der Waals surface area contributed by atoms with Gasteiger partial charge >= 0.3 is 0 Å². The van der Waals surface area contributed by atoms with Crippen LogP contribution in [0.2, 0.25) is 0 Å². The minimum Gasteiger partial charge on any atom is -0.0991 e. The van der Waals surface area contributed by atoms with Gasteiger partial charge in [-0.3, -0.25) is 0 Å². The molecule has 15 heavy (non-hydrogen) atoms. The molecule has 80 valence electrons. The van der Waals surface area contributed by atoms with Crippen molar-refractivity contribution in [2.24, 2.45) is 11.8 Å². The smallest absolute Gasteiger partial charge is 0.0111 e. The van der Waals surface area contributed by atoms with E-state index in [4.69, 9.17) is 0 Å². The molecule has 0 heterocycles. The molecule has 0 aliphatic heterocycles. The van der Waals surface area contributed by atoms with Gasteiger partial charge in [0.1, 0.15) is 0 Å². The van der Waals surface area contributed by atoms with Crippen LogP contribution in [0.3, 0.4) is 0 Å². The molecule has 2 saturated carbocycles. The van der Waals surface area contributed by atoms with Crippen molar-refractivity contribution in [2.75, 3.05) is 0 Å². The predicted octanol–water partition coefficient (Wildman–Crippen LogP) is 4.64. The molecule has 4 bridgehead atoms. The van der Waals surface area contributed by atoms with Crippen molar-refractivity contribution in [1.29, 1.82) is 0 Å². The average molecular weight is 218 g/mol. The summed E-state index contributed by atoms with van der Waals surface area (Å²) in [4.78, 5) is 3.59. The first-order chi connectivity index (χ1) is 7.38. The second-order valence-electron chi connectivity index (χ2n) is 5.78. The summed E-state index contributed by atoms with van der Waals surface area (Å²) in [5.41, 5.74) is 3.67. The Bertz CT molecular complexity index is 339. The molecular formula is C14H18S. The van der Waals surface area contributed by atoms with E-state index in [0.717, 1.165) is 11.8 Å². The Kier molecular flexibility index (Phi) is 1.88. The lowest BCUT2D eigenvalue weighted by Crippen LogP contribution is -1.95. The van der Waals surface area contributed by atoms with Gasteiger partial charge in [0.2, 0.25) is 0 Å². The van der Waals surface area contributed by atoms with Crippen LogP contribution in [-0.2, 0) is 0 Å². The van der Waals surface area contributed by atoms with Gasteiger partial charge in [-0.25, -0.2) is 0 Å². The lowest BCUT2D eigenvalue weighted by atomic mass is 10.1. The lowest BCUT2D eigenvalue weighted by Gasteiger charge is -2.15. The lowest BCUT2D eigenvalue weighted by molar-refractivity contribution is 0.570. The van der Waals surface area contributed by atoms with Crippen molar-refractivity contribution in [1.82, 2.24) is 0 Å². The second kappa shape index (κ2) is 3.16. The van der Waals surface area contributed by atoms with Gasteiger partial charge in [-0.05, 0) is 73.0 Å². The standard InChI is InChI=1S/C14H18S/c1-3-11-5-9(1)7-13(11)15-14-8-10-2-4-12(14)6-10/h9-10H,1-8H2. The molecule has 0 N–H and O–H groups in total. The topological polar surface area (TPSA) is 0 Å². The number of hydrogen-bond acceptors (Lipinski definition) is 1. The number of allylic oxidation sites excluding steroid dienone is 4. The fourth-order valence-corrected chi connectivity index (χ4v) is 5.50. The van der Waals surface area contributed by atoms with Gasteiger partial charge in [0.05, 0.1) is 0 Å². The van der Waals surface area contributed by atoms with Crippen LogP contribution in [0.5, 0.6) is 0 Å². The van der Waals surface area contributed by atoms with Crippen molar-refractivity contribution < 1.29 is 0 Å². The van der Waals surface area contributed by atoms with Crippen LogP contribution in [0.15, 0.2) is 21.0 Å². The zero-order chi connectivity index (χ0) is 9.83. The van der Waals surface area contributed by atoms with E-state index < -0.39 is 0 Å². The number of thioether (sulfide) groups is 1. The molecule has 0 aromatic rings. The Morgan fingerprint density at radius 2 is 1.27 bits per heavy atom. The normalized spacial score (nSPS) is 37.6. The maximum absolute atomic E-state index is 2.20. The molecule has 4 aliphatic rings. The summed E-state index contributed by atoms with van der Waals surface area (Å²) in [5.74, 6) is 2.10.